The van der Waals surface area contributed by atoms with Crippen LogP contribution in [0.5, 0.6) is 0 Å². The molecular weight excluding hydrogens is 366 g/mol. The van der Waals surface area contributed by atoms with E-state index in [0.717, 1.165) is 0 Å². The minimum absolute atomic E-state index is 0.131. The van der Waals surface area contributed by atoms with E-state index in [0.29, 0.717) is 12.0 Å². The van der Waals surface area contributed by atoms with Crippen LogP contribution in [-0.2, 0) is 9.53 Å². The molecule has 0 aliphatic heterocycles. The van der Waals surface area contributed by atoms with Crippen molar-refractivity contribution in [3.63, 3.8) is 0 Å². The van der Waals surface area contributed by atoms with Crippen molar-refractivity contribution in [2.75, 3.05) is 0 Å². The van der Waals surface area contributed by atoms with Crippen LogP contribution in [0.2, 0.25) is 0 Å². The summed E-state index contributed by atoms with van der Waals surface area (Å²) in [5, 5.41) is 24.1. The lowest BCUT2D eigenvalue weighted by molar-refractivity contribution is -0.122. The van der Waals surface area contributed by atoms with E-state index in [1.807, 2.05) is 13.8 Å². The second kappa shape index (κ2) is 10.4. The molecule has 2 atom stereocenters. The van der Waals surface area contributed by atoms with Crippen LogP contribution in [0.25, 0.3) is 0 Å². The topological polar surface area (TPSA) is 108 Å². The number of hydrogen-bond donors (Lipinski definition) is 4. The lowest BCUT2D eigenvalue weighted by Crippen LogP contribution is -2.48. The summed E-state index contributed by atoms with van der Waals surface area (Å²) in [6.45, 7) is 8.89. The van der Waals surface area contributed by atoms with E-state index in [1.165, 1.54) is 18.2 Å². The van der Waals surface area contributed by atoms with Crippen LogP contribution in [0.4, 0.5) is 9.18 Å². The smallest absolute Gasteiger partial charge is 0.444 e. The van der Waals surface area contributed by atoms with Crippen LogP contribution in [0, 0.1) is 11.7 Å². The van der Waals surface area contributed by atoms with E-state index in [1.54, 1.807) is 26.8 Å². The van der Waals surface area contributed by atoms with Crippen LogP contribution >= 0.6 is 0 Å². The van der Waals surface area contributed by atoms with Gasteiger partial charge in [-0.2, -0.15) is 0 Å². The Morgan fingerprint density at radius 2 is 1.86 bits per heavy atom. The number of hydrogen-bond acceptors (Lipinski definition) is 5. The van der Waals surface area contributed by atoms with Crippen molar-refractivity contribution < 1.29 is 28.8 Å². The Hall–Kier alpha value is -2.13. The molecule has 0 radical (unpaired) electrons. The van der Waals surface area contributed by atoms with Crippen LogP contribution in [0.1, 0.15) is 59.1 Å². The molecule has 0 saturated heterocycles. The van der Waals surface area contributed by atoms with E-state index < -0.39 is 42.5 Å². The number of amides is 2. The van der Waals surface area contributed by atoms with Gasteiger partial charge in [0.1, 0.15) is 11.4 Å². The molecule has 7 nitrogen and oxygen atoms in total. The summed E-state index contributed by atoms with van der Waals surface area (Å²) in [4.78, 5) is 24.6. The van der Waals surface area contributed by atoms with E-state index in [4.69, 9.17) is 4.74 Å². The summed E-state index contributed by atoms with van der Waals surface area (Å²) in [6.07, 6.45) is -0.590. The van der Waals surface area contributed by atoms with Crippen molar-refractivity contribution in [1.82, 2.24) is 10.6 Å². The fraction of sp³-hybridized carbons (Fsp3) is 0.579. The third kappa shape index (κ3) is 9.19. The fourth-order valence-electron chi connectivity index (χ4n) is 2.64. The second-order valence-corrected chi connectivity index (χ2v) is 8.18. The fourth-order valence-corrected chi connectivity index (χ4v) is 2.64. The molecule has 28 heavy (non-hydrogen) atoms. The molecule has 2 amide bonds. The zero-order valence-electron chi connectivity index (χ0n) is 17.0. The highest BCUT2D eigenvalue weighted by Gasteiger charge is 2.28. The molecule has 0 aliphatic rings. The molecule has 1 aromatic carbocycles. The summed E-state index contributed by atoms with van der Waals surface area (Å²) < 4.78 is 18.8. The van der Waals surface area contributed by atoms with Gasteiger partial charge in [0.15, 0.2) is 0 Å². The number of carbonyl (C=O) groups is 2. The molecule has 4 N–H and O–H groups in total. The van der Waals surface area contributed by atoms with E-state index >= 15 is 0 Å². The molecule has 1 aromatic rings. The first-order chi connectivity index (χ1) is 12.9. The maximum atomic E-state index is 13.6. The number of benzene rings is 1. The number of rotatable bonds is 8. The van der Waals surface area contributed by atoms with Crippen molar-refractivity contribution in [3.8, 4) is 0 Å². The zero-order chi connectivity index (χ0) is 21.5. The summed E-state index contributed by atoms with van der Waals surface area (Å²) in [6, 6.07) is 4.70. The second-order valence-electron chi connectivity index (χ2n) is 8.18. The van der Waals surface area contributed by atoms with Crippen LogP contribution in [-0.4, -0.2) is 40.7 Å². The van der Waals surface area contributed by atoms with Crippen molar-refractivity contribution in [1.29, 1.82) is 0 Å². The Morgan fingerprint density at radius 3 is 2.36 bits per heavy atom. The van der Waals surface area contributed by atoms with Gasteiger partial charge in [0.05, 0.1) is 18.4 Å². The minimum atomic E-state index is -1.71. The molecule has 1 rings (SSSR count). The molecule has 0 fully saturated rings. The average molecular weight is 396 g/mol. The predicted molar refractivity (Wildman–Crippen MR) is 105 cm³/mol. The Kier molecular flexibility index (Phi) is 8.91. The number of halogens is 1. The van der Waals surface area contributed by atoms with E-state index in [-0.39, 0.29) is 12.3 Å². The first-order valence-corrected chi connectivity index (χ1v) is 9.28. The van der Waals surface area contributed by atoms with Gasteiger partial charge in [-0.25, -0.2) is 9.18 Å². The van der Waals surface area contributed by atoms with Gasteiger partial charge >= 0.3 is 13.2 Å². The van der Waals surface area contributed by atoms with Gasteiger partial charge in [-0.1, -0.05) is 26.0 Å². The number of alkyl carbamates (subject to hydrolysis) is 1. The van der Waals surface area contributed by atoms with Crippen molar-refractivity contribution in [3.05, 3.63) is 35.6 Å². The van der Waals surface area contributed by atoms with Crippen LogP contribution < -0.4 is 10.6 Å². The van der Waals surface area contributed by atoms with Crippen molar-refractivity contribution in [2.45, 2.75) is 65.0 Å². The normalized spacial score (nSPS) is 13.6. The van der Waals surface area contributed by atoms with Gasteiger partial charge in [-0.05, 0) is 50.8 Å². The molecule has 0 heterocycles. The summed E-state index contributed by atoms with van der Waals surface area (Å²) in [5.74, 6) is -1.73. The number of carbonyl (C=O) groups excluding carboxylic acids is 2. The molecular formula is C19H30BFN2O5. The Bertz CT molecular complexity index is 664. The van der Waals surface area contributed by atoms with Crippen LogP contribution in [0.3, 0.4) is 0 Å². The van der Waals surface area contributed by atoms with Crippen molar-refractivity contribution >= 4 is 19.1 Å². The Morgan fingerprint density at radius 1 is 1.21 bits per heavy atom. The lowest BCUT2D eigenvalue weighted by atomic mass is 9.75. The molecule has 9 heteroatoms. The van der Waals surface area contributed by atoms with E-state index in [2.05, 4.69) is 10.6 Å². The molecule has 1 unspecified atom stereocenters. The zero-order valence-corrected chi connectivity index (χ0v) is 17.0. The monoisotopic (exact) mass is 396 g/mol. The first-order valence-electron chi connectivity index (χ1n) is 9.28. The Balaban J connectivity index is 2.92. The maximum Gasteiger partial charge on any atom is 0.475 e. The molecule has 0 bridgehead atoms. The Labute approximate surface area is 165 Å². The molecule has 156 valence electrons. The highest BCUT2D eigenvalue weighted by atomic mass is 19.1. The van der Waals surface area contributed by atoms with Gasteiger partial charge in [0.2, 0.25) is 5.91 Å². The van der Waals surface area contributed by atoms with Crippen LogP contribution in [0.15, 0.2) is 24.3 Å². The third-order valence-electron chi connectivity index (χ3n) is 3.76. The summed E-state index contributed by atoms with van der Waals surface area (Å²) >= 11 is 0. The lowest BCUT2D eigenvalue weighted by Gasteiger charge is -2.25. The molecule has 0 aromatic heterocycles. The largest absolute Gasteiger partial charge is 0.475 e. The summed E-state index contributed by atoms with van der Waals surface area (Å²) in [5.41, 5.74) is -0.340. The standard InChI is InChI=1S/C19H30BFN2O5/c1-12(2)9-16(20(26)27)23-17(24)11-15(13-7-6-8-14(21)10-13)22-18(25)28-19(3,4)5/h6-8,10,12,15-16,26-27H,9,11H2,1-5H3,(H,22,25)(H,23,24)/t15?,16-/m0/s1. The maximum absolute atomic E-state index is 13.6. The van der Waals surface area contributed by atoms with Gasteiger partial charge < -0.3 is 25.4 Å². The number of nitrogens with one attached hydrogen (secondary N) is 2. The van der Waals surface area contributed by atoms with Gasteiger partial charge in [0.25, 0.3) is 0 Å². The van der Waals surface area contributed by atoms with Gasteiger partial charge in [-0.15, -0.1) is 0 Å². The molecule has 0 aliphatic carbocycles. The highest BCUT2D eigenvalue weighted by Crippen LogP contribution is 2.20. The third-order valence-corrected chi connectivity index (χ3v) is 3.76. The summed E-state index contributed by atoms with van der Waals surface area (Å²) in [7, 11) is -1.71. The molecule has 0 spiro atoms. The minimum Gasteiger partial charge on any atom is -0.444 e. The average Bonchev–Trinajstić information content (AvgIpc) is 2.51. The van der Waals surface area contributed by atoms with Gasteiger partial charge in [0, 0.05) is 0 Å². The van der Waals surface area contributed by atoms with Crippen molar-refractivity contribution in [2.24, 2.45) is 5.92 Å². The van der Waals surface area contributed by atoms with Gasteiger partial charge in [-0.3, -0.25) is 4.79 Å². The predicted octanol–water partition coefficient (Wildman–Crippen LogP) is 2.32. The number of ether oxygens (including phenoxy) is 1. The quantitative estimate of drug-likeness (QED) is 0.505. The SMILES string of the molecule is CC(C)C[C@H](NC(=O)CC(NC(=O)OC(C)(C)C)c1cccc(F)c1)B(O)O. The molecule has 0 saturated carbocycles. The first kappa shape index (κ1) is 23.9. The van der Waals surface area contributed by atoms with E-state index in [9.17, 15) is 24.0 Å². The highest BCUT2D eigenvalue weighted by molar-refractivity contribution is 6.43.